The summed E-state index contributed by atoms with van der Waals surface area (Å²) in [6.45, 7) is 6.85. The molecule has 0 aliphatic carbocycles. The van der Waals surface area contributed by atoms with Gasteiger partial charge in [-0.25, -0.2) is 19.6 Å². The van der Waals surface area contributed by atoms with E-state index in [1.54, 1.807) is 18.3 Å². The smallest absolute Gasteiger partial charge is 0.407 e. The minimum Gasteiger partial charge on any atom is -0.444 e. The monoisotopic (exact) mass is 402 g/mol. The Morgan fingerprint density at radius 3 is 2.59 bits per heavy atom. The molecule has 3 heterocycles. The van der Waals surface area contributed by atoms with Gasteiger partial charge < -0.3 is 15.0 Å². The average Bonchev–Trinajstić information content (AvgIpc) is 2.87. The van der Waals surface area contributed by atoms with Gasteiger partial charge in [-0.2, -0.15) is 0 Å². The largest absolute Gasteiger partial charge is 0.444 e. The second-order valence-corrected chi connectivity index (χ2v) is 8.04. The highest BCUT2D eigenvalue weighted by molar-refractivity contribution is 6.13. The molecule has 10 heteroatoms. The summed E-state index contributed by atoms with van der Waals surface area (Å²) in [5, 5.41) is 5.13. The number of aromatic nitrogens is 2. The molecular weight excluding hydrogens is 376 g/mol. The maximum Gasteiger partial charge on any atom is 0.407 e. The maximum absolute atomic E-state index is 11.9. The van der Waals surface area contributed by atoms with Gasteiger partial charge in [-0.15, -0.1) is 0 Å². The number of urea groups is 1. The molecule has 2 N–H and O–H groups in total. The fourth-order valence-corrected chi connectivity index (χ4v) is 3.10. The Bertz CT molecular complexity index is 839. The van der Waals surface area contributed by atoms with Crippen LogP contribution >= 0.6 is 0 Å². The van der Waals surface area contributed by atoms with Crippen LogP contribution < -0.4 is 15.5 Å². The predicted molar refractivity (Wildman–Crippen MR) is 106 cm³/mol. The van der Waals surface area contributed by atoms with E-state index in [1.807, 2.05) is 25.7 Å². The van der Waals surface area contributed by atoms with Gasteiger partial charge in [0.15, 0.2) is 0 Å². The summed E-state index contributed by atoms with van der Waals surface area (Å²) in [5.74, 6) is 0.0918. The predicted octanol–water partition coefficient (Wildman–Crippen LogP) is 1.49. The molecule has 156 valence electrons. The zero-order valence-electron chi connectivity index (χ0n) is 17.1. The molecule has 3 rings (SSSR count). The molecule has 0 bridgehead atoms. The number of carbonyl (C=O) groups is 3. The van der Waals surface area contributed by atoms with Crippen LogP contribution in [0.4, 0.5) is 15.5 Å². The third-order valence-electron chi connectivity index (χ3n) is 4.57. The van der Waals surface area contributed by atoms with Crippen molar-refractivity contribution in [1.82, 2.24) is 25.5 Å². The van der Waals surface area contributed by atoms with Gasteiger partial charge in [-0.1, -0.05) is 0 Å². The van der Waals surface area contributed by atoms with Crippen LogP contribution in [0.3, 0.4) is 0 Å². The number of nitrogens with one attached hydrogen (secondary N) is 2. The second-order valence-electron chi connectivity index (χ2n) is 8.04. The lowest BCUT2D eigenvalue weighted by molar-refractivity contribution is -0.115. The van der Waals surface area contributed by atoms with E-state index < -0.39 is 23.6 Å². The van der Waals surface area contributed by atoms with Gasteiger partial charge in [-0.05, 0) is 45.8 Å². The summed E-state index contributed by atoms with van der Waals surface area (Å²) < 4.78 is 5.30. The lowest BCUT2D eigenvalue weighted by atomic mass is 10.1. The minimum atomic E-state index is -0.525. The number of alkyl carbamates (subject to hydrolysis) is 1. The van der Waals surface area contributed by atoms with Gasteiger partial charge in [0.25, 0.3) is 5.91 Å². The van der Waals surface area contributed by atoms with Crippen molar-refractivity contribution in [3.05, 3.63) is 23.7 Å². The Morgan fingerprint density at radius 2 is 2.00 bits per heavy atom. The zero-order chi connectivity index (χ0) is 21.2. The Morgan fingerprint density at radius 1 is 1.31 bits per heavy atom. The van der Waals surface area contributed by atoms with E-state index >= 15 is 0 Å². The Kier molecular flexibility index (Phi) is 5.71. The number of imide groups is 1. The summed E-state index contributed by atoms with van der Waals surface area (Å²) in [4.78, 5) is 47.4. The van der Waals surface area contributed by atoms with Crippen LogP contribution in [0.1, 0.15) is 39.3 Å². The lowest BCUT2D eigenvalue weighted by Gasteiger charge is -2.32. The van der Waals surface area contributed by atoms with Crippen molar-refractivity contribution >= 4 is 30.1 Å². The molecule has 10 nitrogen and oxygen atoms in total. The summed E-state index contributed by atoms with van der Waals surface area (Å²) in [6, 6.07) is 1.25. The van der Waals surface area contributed by atoms with Crippen molar-refractivity contribution in [2.75, 3.05) is 25.0 Å². The first-order chi connectivity index (χ1) is 13.6. The molecule has 4 amide bonds. The molecule has 1 aromatic rings. The third-order valence-corrected chi connectivity index (χ3v) is 4.57. The first-order valence-electron chi connectivity index (χ1n) is 9.50. The highest BCUT2D eigenvalue weighted by Crippen LogP contribution is 2.19. The van der Waals surface area contributed by atoms with Crippen LogP contribution in [-0.2, 0) is 9.53 Å². The van der Waals surface area contributed by atoms with Gasteiger partial charge in [0.2, 0.25) is 5.95 Å². The zero-order valence-corrected chi connectivity index (χ0v) is 17.1. The number of rotatable bonds is 3. The number of amides is 4. The lowest BCUT2D eigenvalue weighted by Crippen LogP contribution is -2.46. The fourth-order valence-electron chi connectivity index (χ4n) is 3.10. The highest BCUT2D eigenvalue weighted by atomic mass is 16.6. The Labute approximate surface area is 169 Å². The van der Waals surface area contributed by atoms with Gasteiger partial charge in [0.1, 0.15) is 11.3 Å². The fraction of sp³-hybridized carbons (Fsp3) is 0.526. The van der Waals surface area contributed by atoms with Gasteiger partial charge in [0.05, 0.1) is 5.69 Å². The summed E-state index contributed by atoms with van der Waals surface area (Å²) in [5.41, 5.74) is 0.248. The van der Waals surface area contributed by atoms with Crippen molar-refractivity contribution < 1.29 is 19.1 Å². The van der Waals surface area contributed by atoms with E-state index in [0.717, 1.165) is 12.8 Å². The minimum absolute atomic E-state index is 0.0354. The van der Waals surface area contributed by atoms with Crippen molar-refractivity contribution in [2.45, 2.75) is 45.3 Å². The SMILES string of the molecule is CN1C(=O)NC(=O)/C1=C/c1ccnc(N2CCC(NC(=O)OC(C)(C)C)CC2)n1. The van der Waals surface area contributed by atoms with E-state index in [9.17, 15) is 14.4 Å². The van der Waals surface area contributed by atoms with Crippen LogP contribution in [0.5, 0.6) is 0 Å². The number of piperidine rings is 1. The summed E-state index contributed by atoms with van der Waals surface area (Å²) in [7, 11) is 1.52. The molecule has 2 aliphatic rings. The molecule has 2 aliphatic heterocycles. The number of likely N-dealkylation sites (N-methyl/N-ethyl adjacent to an activating group) is 1. The Hall–Kier alpha value is -3.17. The maximum atomic E-state index is 11.9. The van der Waals surface area contributed by atoms with E-state index in [1.165, 1.54) is 11.9 Å². The number of hydrogen-bond acceptors (Lipinski definition) is 7. The molecule has 0 unspecified atom stereocenters. The first-order valence-corrected chi connectivity index (χ1v) is 9.50. The van der Waals surface area contributed by atoms with Crippen molar-refractivity contribution in [3.63, 3.8) is 0 Å². The van der Waals surface area contributed by atoms with E-state index in [-0.39, 0.29) is 11.7 Å². The summed E-state index contributed by atoms with van der Waals surface area (Å²) in [6.07, 6.45) is 4.26. The molecule has 2 fully saturated rings. The van der Waals surface area contributed by atoms with Crippen molar-refractivity contribution in [1.29, 1.82) is 0 Å². The number of carbonyl (C=O) groups excluding carboxylic acids is 3. The van der Waals surface area contributed by atoms with E-state index in [4.69, 9.17) is 4.74 Å². The van der Waals surface area contributed by atoms with Crippen LogP contribution in [-0.4, -0.2) is 64.7 Å². The molecule has 0 saturated carbocycles. The molecule has 29 heavy (non-hydrogen) atoms. The molecule has 1 aromatic heterocycles. The number of hydrogen-bond donors (Lipinski definition) is 2. The van der Waals surface area contributed by atoms with Crippen LogP contribution in [0.15, 0.2) is 18.0 Å². The molecule has 0 spiro atoms. The quantitative estimate of drug-likeness (QED) is 0.581. The molecule has 0 radical (unpaired) electrons. The van der Waals surface area contributed by atoms with E-state index in [2.05, 4.69) is 20.6 Å². The molecule has 2 saturated heterocycles. The van der Waals surface area contributed by atoms with Crippen molar-refractivity contribution in [2.24, 2.45) is 0 Å². The molecular formula is C19H26N6O4. The van der Waals surface area contributed by atoms with Crippen LogP contribution in [0, 0.1) is 0 Å². The second kappa shape index (κ2) is 8.06. The normalized spacial score (nSPS) is 19.5. The molecule has 0 atom stereocenters. The number of anilines is 1. The Balaban J connectivity index is 1.61. The highest BCUT2D eigenvalue weighted by Gasteiger charge is 2.30. The van der Waals surface area contributed by atoms with Gasteiger partial charge >= 0.3 is 12.1 Å². The number of ether oxygens (including phenoxy) is 1. The average molecular weight is 402 g/mol. The van der Waals surface area contributed by atoms with Gasteiger partial charge in [0, 0.05) is 32.4 Å². The standard InChI is InChI=1S/C19H26N6O4/c1-19(2,3)29-18(28)22-12-6-9-25(10-7-12)16-20-8-5-13(21-16)11-14-15(26)23-17(27)24(14)4/h5,8,11-12H,6-7,9-10H2,1-4H3,(H,22,28)(H,23,26,27)/b14-11-. The summed E-state index contributed by atoms with van der Waals surface area (Å²) >= 11 is 0. The number of nitrogens with zero attached hydrogens (tertiary/aromatic N) is 4. The van der Waals surface area contributed by atoms with Gasteiger partial charge in [-0.3, -0.25) is 15.0 Å². The topological polar surface area (TPSA) is 117 Å². The van der Waals surface area contributed by atoms with Crippen molar-refractivity contribution in [3.8, 4) is 0 Å². The molecule has 0 aromatic carbocycles. The van der Waals surface area contributed by atoms with Crippen LogP contribution in [0.2, 0.25) is 0 Å². The van der Waals surface area contributed by atoms with Crippen LogP contribution in [0.25, 0.3) is 6.08 Å². The first kappa shape index (κ1) is 20.6. The third kappa shape index (κ3) is 5.21. The van der Waals surface area contributed by atoms with E-state index in [0.29, 0.717) is 24.7 Å².